The molecule has 0 radical (unpaired) electrons. The number of benzene rings is 1. The summed E-state index contributed by atoms with van der Waals surface area (Å²) in [5.41, 5.74) is 2.78. The summed E-state index contributed by atoms with van der Waals surface area (Å²) in [5.74, 6) is 4.55. The van der Waals surface area contributed by atoms with Crippen LogP contribution in [0.4, 0.5) is 13.2 Å². The Morgan fingerprint density at radius 3 is 2.45 bits per heavy atom. The van der Waals surface area contributed by atoms with Crippen LogP contribution >= 0.6 is 0 Å². The number of carbonyl (C=O) groups excluding carboxylic acids is 1. The molecule has 1 aromatic carbocycles. The molecule has 0 aromatic heterocycles. The van der Waals surface area contributed by atoms with Crippen LogP contribution in [0.3, 0.4) is 0 Å². The number of nitrogen functional groups attached to an aromatic ring is 1. The van der Waals surface area contributed by atoms with Crippen LogP contribution in [-0.2, 0) is 6.54 Å². The Labute approximate surface area is 115 Å². The number of halogens is 3. The minimum atomic E-state index is -4.28. The number of nitrogens with one attached hydrogen (secondary N) is 1. The van der Waals surface area contributed by atoms with Crippen molar-refractivity contribution in [2.75, 3.05) is 6.54 Å². The van der Waals surface area contributed by atoms with Crippen LogP contribution in [-0.4, -0.2) is 29.6 Å². The molecular formula is C13H18F3N3O. The summed E-state index contributed by atoms with van der Waals surface area (Å²) in [6, 6.07) is 6.16. The zero-order chi connectivity index (χ0) is 15.3. The molecule has 7 heteroatoms. The van der Waals surface area contributed by atoms with Crippen molar-refractivity contribution in [2.45, 2.75) is 32.6 Å². The van der Waals surface area contributed by atoms with Crippen LogP contribution in [0.5, 0.6) is 0 Å². The van der Waals surface area contributed by atoms with Gasteiger partial charge in [-0.1, -0.05) is 18.2 Å². The molecular weight excluding hydrogens is 271 g/mol. The molecule has 0 bridgehead atoms. The number of hydrazine groups is 1. The molecule has 0 heterocycles. The van der Waals surface area contributed by atoms with Gasteiger partial charge >= 0.3 is 6.18 Å². The highest BCUT2D eigenvalue weighted by Gasteiger charge is 2.32. The molecule has 0 spiro atoms. The van der Waals surface area contributed by atoms with Crippen molar-refractivity contribution >= 4 is 5.91 Å². The summed E-state index contributed by atoms with van der Waals surface area (Å²) >= 11 is 0. The van der Waals surface area contributed by atoms with Crippen molar-refractivity contribution < 1.29 is 18.0 Å². The molecule has 112 valence electrons. The van der Waals surface area contributed by atoms with Gasteiger partial charge in [0.15, 0.2) is 0 Å². The van der Waals surface area contributed by atoms with Gasteiger partial charge in [0.1, 0.15) is 0 Å². The predicted molar refractivity (Wildman–Crippen MR) is 69.7 cm³/mol. The van der Waals surface area contributed by atoms with E-state index in [0.29, 0.717) is 5.56 Å². The van der Waals surface area contributed by atoms with E-state index in [9.17, 15) is 18.0 Å². The molecule has 1 amide bonds. The van der Waals surface area contributed by atoms with E-state index in [1.807, 2.05) is 5.43 Å². The third-order valence-corrected chi connectivity index (χ3v) is 2.88. The molecule has 0 saturated carbocycles. The lowest BCUT2D eigenvalue weighted by atomic mass is 10.1. The summed E-state index contributed by atoms with van der Waals surface area (Å²) < 4.78 is 37.7. The molecule has 1 aromatic rings. The van der Waals surface area contributed by atoms with E-state index in [1.54, 1.807) is 32.0 Å². The minimum Gasteiger partial charge on any atom is -0.290 e. The molecule has 0 saturated heterocycles. The van der Waals surface area contributed by atoms with Crippen LogP contribution in [0.1, 0.15) is 29.8 Å². The molecule has 0 fully saturated rings. The summed E-state index contributed by atoms with van der Waals surface area (Å²) in [6.45, 7) is 2.36. The Kier molecular flexibility index (Phi) is 5.52. The fraction of sp³-hybridized carbons (Fsp3) is 0.462. The van der Waals surface area contributed by atoms with Crippen molar-refractivity contribution in [3.05, 3.63) is 35.4 Å². The third kappa shape index (κ3) is 4.82. The summed E-state index contributed by atoms with van der Waals surface area (Å²) in [7, 11) is 0. The van der Waals surface area contributed by atoms with Crippen molar-refractivity contribution in [1.82, 2.24) is 10.3 Å². The SMILES string of the molecule is CC(C)N(Cc1ccccc1C(=O)NN)CC(F)(F)F. The predicted octanol–water partition coefficient (Wildman–Crippen LogP) is 2.06. The first-order valence-electron chi connectivity index (χ1n) is 6.14. The number of hydrogen-bond acceptors (Lipinski definition) is 3. The van der Waals surface area contributed by atoms with Gasteiger partial charge in [0.2, 0.25) is 0 Å². The Hall–Kier alpha value is -1.60. The van der Waals surface area contributed by atoms with E-state index in [0.717, 1.165) is 0 Å². The Balaban J connectivity index is 2.97. The third-order valence-electron chi connectivity index (χ3n) is 2.88. The lowest BCUT2D eigenvalue weighted by molar-refractivity contribution is -0.150. The number of rotatable bonds is 5. The van der Waals surface area contributed by atoms with Gasteiger partial charge in [0.25, 0.3) is 5.91 Å². The van der Waals surface area contributed by atoms with E-state index in [1.165, 1.54) is 11.0 Å². The van der Waals surface area contributed by atoms with E-state index < -0.39 is 18.6 Å². The number of amides is 1. The van der Waals surface area contributed by atoms with Gasteiger partial charge in [-0.2, -0.15) is 13.2 Å². The lowest BCUT2D eigenvalue weighted by Crippen LogP contribution is -2.39. The van der Waals surface area contributed by atoms with Crippen molar-refractivity contribution in [2.24, 2.45) is 5.84 Å². The average molecular weight is 289 g/mol. The van der Waals surface area contributed by atoms with Gasteiger partial charge in [0.05, 0.1) is 6.54 Å². The largest absolute Gasteiger partial charge is 0.401 e. The smallest absolute Gasteiger partial charge is 0.290 e. The molecule has 0 aliphatic carbocycles. The van der Waals surface area contributed by atoms with E-state index >= 15 is 0 Å². The first kappa shape index (κ1) is 16.5. The Morgan fingerprint density at radius 1 is 1.35 bits per heavy atom. The number of carbonyl (C=O) groups is 1. The van der Waals surface area contributed by atoms with Gasteiger partial charge in [0, 0.05) is 18.2 Å². The van der Waals surface area contributed by atoms with Crippen molar-refractivity contribution in [3.8, 4) is 0 Å². The maximum Gasteiger partial charge on any atom is 0.401 e. The second-order valence-corrected chi connectivity index (χ2v) is 4.74. The second-order valence-electron chi connectivity index (χ2n) is 4.74. The van der Waals surface area contributed by atoms with Crippen molar-refractivity contribution in [3.63, 3.8) is 0 Å². The molecule has 0 unspecified atom stereocenters. The summed E-state index contributed by atoms with van der Waals surface area (Å²) in [6.07, 6.45) is -4.28. The molecule has 0 aliphatic heterocycles. The molecule has 0 aliphatic rings. The van der Waals surface area contributed by atoms with Crippen LogP contribution in [0.25, 0.3) is 0 Å². The number of nitrogens with two attached hydrogens (primary N) is 1. The molecule has 4 nitrogen and oxygen atoms in total. The van der Waals surface area contributed by atoms with Gasteiger partial charge in [-0.15, -0.1) is 0 Å². The van der Waals surface area contributed by atoms with Crippen LogP contribution < -0.4 is 11.3 Å². The molecule has 20 heavy (non-hydrogen) atoms. The first-order chi connectivity index (χ1) is 9.24. The minimum absolute atomic E-state index is 0.0285. The highest BCUT2D eigenvalue weighted by Crippen LogP contribution is 2.21. The normalized spacial score (nSPS) is 12.0. The van der Waals surface area contributed by atoms with Gasteiger partial charge in [-0.3, -0.25) is 15.1 Å². The quantitative estimate of drug-likeness (QED) is 0.495. The van der Waals surface area contributed by atoms with E-state index in [2.05, 4.69) is 0 Å². The highest BCUT2D eigenvalue weighted by molar-refractivity contribution is 5.95. The molecule has 0 atom stereocenters. The van der Waals surface area contributed by atoms with Crippen LogP contribution in [0.15, 0.2) is 24.3 Å². The lowest BCUT2D eigenvalue weighted by Gasteiger charge is -2.28. The zero-order valence-electron chi connectivity index (χ0n) is 11.4. The van der Waals surface area contributed by atoms with Gasteiger partial charge in [-0.25, -0.2) is 5.84 Å². The Bertz CT molecular complexity index is 460. The number of alkyl halides is 3. The first-order valence-corrected chi connectivity index (χ1v) is 6.14. The average Bonchev–Trinajstić information content (AvgIpc) is 2.36. The second kappa shape index (κ2) is 6.71. The maximum absolute atomic E-state index is 12.6. The Morgan fingerprint density at radius 2 is 1.95 bits per heavy atom. The zero-order valence-corrected chi connectivity index (χ0v) is 11.4. The fourth-order valence-electron chi connectivity index (χ4n) is 1.83. The number of nitrogens with zero attached hydrogens (tertiary/aromatic N) is 1. The number of hydrogen-bond donors (Lipinski definition) is 2. The fourth-order valence-corrected chi connectivity index (χ4v) is 1.83. The van der Waals surface area contributed by atoms with Gasteiger partial charge in [-0.05, 0) is 25.5 Å². The summed E-state index contributed by atoms with van der Waals surface area (Å²) in [5, 5.41) is 0. The summed E-state index contributed by atoms with van der Waals surface area (Å²) in [4.78, 5) is 12.8. The van der Waals surface area contributed by atoms with Gasteiger partial charge < -0.3 is 0 Å². The standard InChI is InChI=1S/C13H18F3N3O/c1-9(2)19(8-13(14,15)16)7-10-5-3-4-6-11(10)12(20)18-17/h3-6,9H,7-8,17H2,1-2H3,(H,18,20). The van der Waals surface area contributed by atoms with E-state index in [-0.39, 0.29) is 18.2 Å². The maximum atomic E-state index is 12.6. The van der Waals surface area contributed by atoms with Crippen LogP contribution in [0.2, 0.25) is 0 Å². The van der Waals surface area contributed by atoms with E-state index in [4.69, 9.17) is 5.84 Å². The molecule has 3 N–H and O–H groups in total. The highest BCUT2D eigenvalue weighted by atomic mass is 19.4. The topological polar surface area (TPSA) is 58.4 Å². The van der Waals surface area contributed by atoms with Crippen molar-refractivity contribution in [1.29, 1.82) is 0 Å². The van der Waals surface area contributed by atoms with Crippen LogP contribution in [0, 0.1) is 0 Å². The monoisotopic (exact) mass is 289 g/mol. The molecule has 1 rings (SSSR count).